The maximum atomic E-state index is 11.8. The van der Waals surface area contributed by atoms with Crippen LogP contribution in [0.5, 0.6) is 5.75 Å². The van der Waals surface area contributed by atoms with Gasteiger partial charge in [-0.25, -0.2) is 0 Å². The summed E-state index contributed by atoms with van der Waals surface area (Å²) in [4.78, 5) is 16.2. The van der Waals surface area contributed by atoms with Gasteiger partial charge in [0.05, 0.1) is 18.8 Å². The molecule has 1 aromatic heterocycles. The fraction of sp³-hybridized carbons (Fsp3) is 0.600. The number of hydrogen-bond donors (Lipinski definition) is 2. The van der Waals surface area contributed by atoms with E-state index in [1.807, 2.05) is 34.6 Å². The highest BCUT2D eigenvalue weighted by atomic mass is 16.5. The Morgan fingerprint density at radius 1 is 1.35 bits per heavy atom. The van der Waals surface area contributed by atoms with Gasteiger partial charge in [0, 0.05) is 29.9 Å². The van der Waals surface area contributed by atoms with Gasteiger partial charge < -0.3 is 15.4 Å². The van der Waals surface area contributed by atoms with Gasteiger partial charge >= 0.3 is 0 Å². The summed E-state index contributed by atoms with van der Waals surface area (Å²) in [5, 5.41) is 6.06. The van der Waals surface area contributed by atoms with Gasteiger partial charge in [-0.3, -0.25) is 9.78 Å². The molecule has 1 amide bonds. The highest BCUT2D eigenvalue weighted by molar-refractivity contribution is 5.81. The molecule has 1 heterocycles. The molecule has 0 radical (unpaired) electrons. The lowest BCUT2D eigenvalue weighted by Crippen LogP contribution is -2.44. The van der Waals surface area contributed by atoms with Crippen LogP contribution in [0.15, 0.2) is 6.20 Å². The van der Waals surface area contributed by atoms with Crippen molar-refractivity contribution < 1.29 is 9.53 Å². The normalized spacial score (nSPS) is 12.3. The fourth-order valence-electron chi connectivity index (χ4n) is 2.00. The summed E-state index contributed by atoms with van der Waals surface area (Å²) in [6, 6.07) is -0.114. The second-order valence-electron chi connectivity index (χ2n) is 5.31. The fourth-order valence-corrected chi connectivity index (χ4v) is 2.00. The van der Waals surface area contributed by atoms with E-state index < -0.39 is 0 Å². The predicted molar refractivity (Wildman–Crippen MR) is 79.8 cm³/mol. The highest BCUT2D eigenvalue weighted by Crippen LogP contribution is 2.23. The minimum Gasteiger partial charge on any atom is -0.496 e. The van der Waals surface area contributed by atoms with Crippen LogP contribution in [0.3, 0.4) is 0 Å². The molecule has 20 heavy (non-hydrogen) atoms. The standard InChI is InChI=1S/C15H25N3O2/c1-9(2)18-15(19)12(5)16-8-13-11(4)14(20-6)10(3)7-17-13/h7,9,12,16H,8H2,1-6H3,(H,18,19). The smallest absolute Gasteiger partial charge is 0.237 e. The van der Waals surface area contributed by atoms with Crippen molar-refractivity contribution in [3.63, 3.8) is 0 Å². The first-order valence-corrected chi connectivity index (χ1v) is 6.89. The Morgan fingerprint density at radius 3 is 2.55 bits per heavy atom. The zero-order valence-corrected chi connectivity index (χ0v) is 13.2. The first-order chi connectivity index (χ1) is 9.36. The molecule has 0 aromatic carbocycles. The second kappa shape index (κ2) is 7.24. The van der Waals surface area contributed by atoms with Gasteiger partial charge in [0.1, 0.15) is 5.75 Å². The number of aryl methyl sites for hydroxylation is 1. The molecule has 2 N–H and O–H groups in total. The Hall–Kier alpha value is -1.62. The molecule has 0 aliphatic heterocycles. The molecule has 5 nitrogen and oxygen atoms in total. The third kappa shape index (κ3) is 4.20. The number of rotatable bonds is 6. The van der Waals surface area contributed by atoms with E-state index in [-0.39, 0.29) is 18.0 Å². The number of nitrogens with one attached hydrogen (secondary N) is 2. The minimum atomic E-state index is -0.258. The van der Waals surface area contributed by atoms with Crippen molar-refractivity contribution in [1.82, 2.24) is 15.6 Å². The van der Waals surface area contributed by atoms with Crippen molar-refractivity contribution >= 4 is 5.91 Å². The first kappa shape index (κ1) is 16.4. The van der Waals surface area contributed by atoms with Crippen molar-refractivity contribution in [2.45, 2.75) is 53.2 Å². The molecule has 1 aromatic rings. The molecule has 0 saturated carbocycles. The summed E-state index contributed by atoms with van der Waals surface area (Å²) in [7, 11) is 1.66. The SMILES string of the molecule is COc1c(C)cnc(CNC(C)C(=O)NC(C)C)c1C. The molecular formula is C15H25N3O2. The molecule has 0 spiro atoms. The van der Waals surface area contributed by atoms with Crippen molar-refractivity contribution in [2.24, 2.45) is 0 Å². The number of amides is 1. The van der Waals surface area contributed by atoms with E-state index >= 15 is 0 Å². The van der Waals surface area contributed by atoms with E-state index in [0.717, 1.165) is 22.6 Å². The van der Waals surface area contributed by atoms with E-state index in [1.54, 1.807) is 13.3 Å². The number of carbonyl (C=O) groups is 1. The number of carbonyl (C=O) groups excluding carboxylic acids is 1. The second-order valence-corrected chi connectivity index (χ2v) is 5.31. The van der Waals surface area contributed by atoms with Gasteiger partial charge in [0.15, 0.2) is 0 Å². The van der Waals surface area contributed by atoms with Crippen LogP contribution in [-0.2, 0) is 11.3 Å². The lowest BCUT2D eigenvalue weighted by atomic mass is 10.1. The maximum absolute atomic E-state index is 11.8. The largest absolute Gasteiger partial charge is 0.496 e. The molecule has 0 bridgehead atoms. The zero-order chi connectivity index (χ0) is 15.3. The molecule has 1 rings (SSSR count). The van der Waals surface area contributed by atoms with Gasteiger partial charge in [0.2, 0.25) is 5.91 Å². The summed E-state index contributed by atoms with van der Waals surface area (Å²) in [6.45, 7) is 10.2. The summed E-state index contributed by atoms with van der Waals surface area (Å²) < 4.78 is 5.38. The van der Waals surface area contributed by atoms with E-state index in [0.29, 0.717) is 6.54 Å². The van der Waals surface area contributed by atoms with Crippen LogP contribution in [0, 0.1) is 13.8 Å². The van der Waals surface area contributed by atoms with Gasteiger partial charge in [-0.2, -0.15) is 0 Å². The molecule has 112 valence electrons. The Balaban J connectivity index is 2.69. The van der Waals surface area contributed by atoms with Crippen LogP contribution < -0.4 is 15.4 Å². The van der Waals surface area contributed by atoms with Crippen molar-refractivity contribution in [3.05, 3.63) is 23.0 Å². The van der Waals surface area contributed by atoms with E-state index in [2.05, 4.69) is 15.6 Å². The van der Waals surface area contributed by atoms with Gasteiger partial charge in [0.25, 0.3) is 0 Å². The van der Waals surface area contributed by atoms with E-state index in [4.69, 9.17) is 4.74 Å². The number of ether oxygens (including phenoxy) is 1. The monoisotopic (exact) mass is 279 g/mol. The van der Waals surface area contributed by atoms with Crippen molar-refractivity contribution in [1.29, 1.82) is 0 Å². The summed E-state index contributed by atoms with van der Waals surface area (Å²) >= 11 is 0. The topological polar surface area (TPSA) is 63.2 Å². The van der Waals surface area contributed by atoms with Crippen LogP contribution in [0.4, 0.5) is 0 Å². The molecule has 0 aliphatic carbocycles. The van der Waals surface area contributed by atoms with E-state index in [9.17, 15) is 4.79 Å². The lowest BCUT2D eigenvalue weighted by Gasteiger charge is -2.17. The van der Waals surface area contributed by atoms with E-state index in [1.165, 1.54) is 0 Å². The predicted octanol–water partition coefficient (Wildman–Crippen LogP) is 1.71. The zero-order valence-electron chi connectivity index (χ0n) is 13.2. The van der Waals surface area contributed by atoms with Crippen LogP contribution in [-0.4, -0.2) is 30.1 Å². The van der Waals surface area contributed by atoms with Gasteiger partial charge in [-0.15, -0.1) is 0 Å². The van der Waals surface area contributed by atoms with Crippen LogP contribution in [0.1, 0.15) is 37.6 Å². The number of pyridine rings is 1. The third-order valence-electron chi connectivity index (χ3n) is 3.15. The molecular weight excluding hydrogens is 254 g/mol. The Bertz CT molecular complexity index is 472. The summed E-state index contributed by atoms with van der Waals surface area (Å²) in [5.74, 6) is 0.854. The van der Waals surface area contributed by atoms with Gasteiger partial charge in [-0.05, 0) is 34.6 Å². The number of aromatic nitrogens is 1. The van der Waals surface area contributed by atoms with Crippen LogP contribution in [0.2, 0.25) is 0 Å². The lowest BCUT2D eigenvalue weighted by molar-refractivity contribution is -0.123. The number of hydrogen-bond acceptors (Lipinski definition) is 4. The average molecular weight is 279 g/mol. The maximum Gasteiger partial charge on any atom is 0.237 e. The van der Waals surface area contributed by atoms with Crippen LogP contribution >= 0.6 is 0 Å². The third-order valence-corrected chi connectivity index (χ3v) is 3.15. The summed E-state index contributed by atoms with van der Waals surface area (Å²) in [6.07, 6.45) is 1.79. The molecule has 1 atom stereocenters. The highest BCUT2D eigenvalue weighted by Gasteiger charge is 2.15. The molecule has 1 unspecified atom stereocenters. The van der Waals surface area contributed by atoms with Crippen LogP contribution in [0.25, 0.3) is 0 Å². The number of nitrogens with zero attached hydrogens (tertiary/aromatic N) is 1. The summed E-state index contributed by atoms with van der Waals surface area (Å²) in [5.41, 5.74) is 2.92. The number of methoxy groups -OCH3 is 1. The Labute approximate surface area is 121 Å². The minimum absolute atomic E-state index is 0.00303. The first-order valence-electron chi connectivity index (χ1n) is 6.89. The van der Waals surface area contributed by atoms with Gasteiger partial charge in [-0.1, -0.05) is 0 Å². The molecule has 5 heteroatoms. The molecule has 0 saturated heterocycles. The van der Waals surface area contributed by atoms with Crippen molar-refractivity contribution in [2.75, 3.05) is 7.11 Å². The quantitative estimate of drug-likeness (QED) is 0.832. The Kier molecular flexibility index (Phi) is 5.95. The molecule has 0 fully saturated rings. The Morgan fingerprint density at radius 2 is 2.00 bits per heavy atom. The van der Waals surface area contributed by atoms with Crippen molar-refractivity contribution in [3.8, 4) is 5.75 Å². The molecule has 0 aliphatic rings. The average Bonchev–Trinajstić information content (AvgIpc) is 2.37.